The molecule has 0 aromatic rings. The Morgan fingerprint density at radius 1 is 0.900 bits per heavy atom. The summed E-state index contributed by atoms with van der Waals surface area (Å²) in [6.45, 7) is 0. The van der Waals surface area contributed by atoms with E-state index in [-0.39, 0.29) is 91.9 Å². The zero-order valence-corrected chi connectivity index (χ0v) is 7.27. The minimum absolute atomic E-state index is 0. The van der Waals surface area contributed by atoms with Crippen molar-refractivity contribution < 1.29 is 34.0 Å². The Kier molecular flexibility index (Phi) is 68.9. The van der Waals surface area contributed by atoms with Crippen molar-refractivity contribution in [2.45, 2.75) is 0 Å². The third kappa shape index (κ3) is 171. The quantitative estimate of drug-likeness (QED) is 0.230. The van der Waals surface area contributed by atoms with E-state index < -0.39 is 10.4 Å². The van der Waals surface area contributed by atoms with E-state index in [9.17, 15) is 0 Å². The van der Waals surface area contributed by atoms with Crippen molar-refractivity contribution in [2.24, 2.45) is 0 Å². The first kappa shape index (κ1) is 39.6. The van der Waals surface area contributed by atoms with Gasteiger partial charge in [-0.3, -0.25) is 8.42 Å². The number of rotatable bonds is 0. The van der Waals surface area contributed by atoms with Gasteiger partial charge in [0.1, 0.15) is 0 Å². The van der Waals surface area contributed by atoms with Crippen LogP contribution in [0.1, 0.15) is 0 Å². The molecule has 0 radical (unpaired) electrons. The molecule has 0 spiro atoms. The van der Waals surface area contributed by atoms with E-state index >= 15 is 0 Å². The van der Waals surface area contributed by atoms with Gasteiger partial charge >= 0.3 is 75.5 Å². The number of hydrogen-bond donors (Lipinski definition) is 0. The summed E-state index contributed by atoms with van der Waals surface area (Å²) in [6.07, 6.45) is 0. The Morgan fingerprint density at radius 2 is 0.900 bits per heavy atom. The average Bonchev–Trinajstić information content (AvgIpc) is 0.722. The van der Waals surface area contributed by atoms with E-state index in [1.54, 1.807) is 0 Å². The van der Waals surface area contributed by atoms with Gasteiger partial charge in [-0.05, 0) is 0 Å². The van der Waals surface area contributed by atoms with Gasteiger partial charge in [0.25, 0.3) is 0 Å². The van der Waals surface area contributed by atoms with Crippen LogP contribution in [0.2, 0.25) is 0 Å². The second-order valence-electron chi connectivity index (χ2n) is 0.408. The molecule has 0 unspecified atom stereocenters. The van der Waals surface area contributed by atoms with E-state index in [0.29, 0.717) is 0 Å². The van der Waals surface area contributed by atoms with Crippen molar-refractivity contribution in [3.05, 3.63) is 0 Å². The normalized spacial score (nSPS) is 5.80. The van der Waals surface area contributed by atoms with Crippen LogP contribution in [0.4, 0.5) is 0 Å². The van der Waals surface area contributed by atoms with E-state index in [4.69, 9.17) is 17.5 Å². The predicted octanol–water partition coefficient (Wildman–Crippen LogP) is -5.11. The Labute approximate surface area is 118 Å². The molecule has 0 rings (SSSR count). The van der Waals surface area contributed by atoms with Gasteiger partial charge in [0, 0.05) is 10.4 Å². The molecule has 0 saturated heterocycles. The van der Waals surface area contributed by atoms with Gasteiger partial charge < -0.3 is 25.5 Å². The molecule has 0 heterocycles. The molecule has 10 heavy (non-hydrogen) atoms. The molecule has 6 N–H and O–H groups in total. The van der Waals surface area contributed by atoms with Crippen LogP contribution in [0.5, 0.6) is 0 Å². The van der Waals surface area contributed by atoms with Crippen LogP contribution in [0, 0.1) is 0 Å². The average molecular weight is 232 g/mol. The van der Waals surface area contributed by atoms with Gasteiger partial charge in [0.15, 0.2) is 0 Å². The standard InChI is InChI=1S/2Ca.H2O4S.3H2O.2H/c;;1-5(2,3)4;;;;;/h;;(H2,1,2,3,4);3*1H2;;/q;+2;;;;;;/p-2. The molecular formula is H8Ca2O7S. The summed E-state index contributed by atoms with van der Waals surface area (Å²) in [7, 11) is -5.17. The summed E-state index contributed by atoms with van der Waals surface area (Å²) >= 11 is 0. The molecule has 0 aliphatic rings. The first-order valence-corrected chi connectivity index (χ1v) is 2.00. The molecule has 0 bridgehead atoms. The van der Waals surface area contributed by atoms with Gasteiger partial charge in [-0.2, -0.15) is 0 Å². The molecule has 0 aromatic heterocycles. The summed E-state index contributed by atoms with van der Waals surface area (Å²) in [4.78, 5) is 0. The third-order valence-corrected chi connectivity index (χ3v) is 0. The van der Waals surface area contributed by atoms with Gasteiger partial charge in [-0.1, -0.05) is 0 Å². The second-order valence-corrected chi connectivity index (χ2v) is 1.22. The molecule has 0 amide bonds. The van der Waals surface area contributed by atoms with Gasteiger partial charge in [0.05, 0.1) is 0 Å². The van der Waals surface area contributed by atoms with Crippen molar-refractivity contribution in [1.82, 2.24) is 0 Å². The van der Waals surface area contributed by atoms with Crippen molar-refractivity contribution in [3.63, 3.8) is 0 Å². The van der Waals surface area contributed by atoms with Gasteiger partial charge in [0.2, 0.25) is 0 Å². The van der Waals surface area contributed by atoms with E-state index in [0.717, 1.165) is 0 Å². The Bertz CT molecular complexity index is 94.8. The minimum atomic E-state index is -5.17. The fraction of sp³-hybridized carbons (Fsp3) is 0. The molecule has 60 valence electrons. The summed E-state index contributed by atoms with van der Waals surface area (Å²) in [5, 5.41) is 0. The monoisotopic (exact) mass is 232 g/mol. The van der Waals surface area contributed by atoms with Crippen molar-refractivity contribution in [1.29, 1.82) is 0 Å². The summed E-state index contributed by atoms with van der Waals surface area (Å²) in [5.41, 5.74) is 0. The topological polar surface area (TPSA) is 175 Å². The summed E-state index contributed by atoms with van der Waals surface area (Å²) < 4.78 is 34.1. The number of hydrogen-bond acceptors (Lipinski definition) is 4. The molecule has 0 saturated carbocycles. The van der Waals surface area contributed by atoms with E-state index in [1.807, 2.05) is 0 Å². The Hall–Kier alpha value is 2.27. The molecule has 7 nitrogen and oxygen atoms in total. The molecule has 10 heteroatoms. The second kappa shape index (κ2) is 17.4. The summed E-state index contributed by atoms with van der Waals surface area (Å²) in [5.74, 6) is 0. The maximum absolute atomic E-state index is 8.52. The predicted molar refractivity (Wildman–Crippen MR) is 35.6 cm³/mol. The fourth-order valence-electron chi connectivity index (χ4n) is 0. The zero-order valence-electron chi connectivity index (χ0n) is 4.25. The SMILES string of the molecule is O.O.O.O=S(=O)([O-])[O-].[Ca+2].[CaH2]. The van der Waals surface area contributed by atoms with Crippen LogP contribution < -0.4 is 0 Å². The van der Waals surface area contributed by atoms with E-state index in [1.165, 1.54) is 0 Å². The van der Waals surface area contributed by atoms with Crippen LogP contribution in [0.25, 0.3) is 0 Å². The molecular weight excluding hydrogens is 224 g/mol. The maximum atomic E-state index is 8.52. The first-order valence-electron chi connectivity index (χ1n) is 0.667. The Balaban J connectivity index is -0.00000000800. The van der Waals surface area contributed by atoms with Crippen LogP contribution in [0.15, 0.2) is 0 Å². The molecule has 0 fully saturated rings. The Morgan fingerprint density at radius 3 is 0.900 bits per heavy atom. The molecule has 0 aromatic carbocycles. The fourth-order valence-corrected chi connectivity index (χ4v) is 0. The van der Waals surface area contributed by atoms with Crippen LogP contribution in [0.3, 0.4) is 0 Å². The molecule has 0 atom stereocenters. The molecule has 0 aliphatic carbocycles. The third-order valence-electron chi connectivity index (χ3n) is 0. The van der Waals surface area contributed by atoms with Crippen LogP contribution in [-0.2, 0) is 10.4 Å². The zero-order chi connectivity index (χ0) is 4.50. The summed E-state index contributed by atoms with van der Waals surface area (Å²) in [6, 6.07) is 0. The van der Waals surface area contributed by atoms with Crippen LogP contribution >= 0.6 is 0 Å². The van der Waals surface area contributed by atoms with Crippen LogP contribution in [-0.4, -0.2) is 109 Å². The van der Waals surface area contributed by atoms with Crippen molar-refractivity contribution in [3.8, 4) is 0 Å². The van der Waals surface area contributed by atoms with Gasteiger partial charge in [-0.25, -0.2) is 0 Å². The molecule has 0 aliphatic heterocycles. The van der Waals surface area contributed by atoms with Crippen molar-refractivity contribution >= 4 is 85.9 Å². The van der Waals surface area contributed by atoms with E-state index in [2.05, 4.69) is 0 Å². The first-order chi connectivity index (χ1) is 2.00. The van der Waals surface area contributed by atoms with Gasteiger partial charge in [-0.15, -0.1) is 0 Å². The van der Waals surface area contributed by atoms with Crippen molar-refractivity contribution in [2.75, 3.05) is 0 Å².